The molecule has 5 rings (SSSR count). The lowest BCUT2D eigenvalue weighted by atomic mass is 10.0. The number of aromatic nitrogens is 4. The van der Waals surface area contributed by atoms with Crippen LogP contribution in [0.2, 0.25) is 0 Å². The molecule has 0 bridgehead atoms. The summed E-state index contributed by atoms with van der Waals surface area (Å²) in [5.74, 6) is 0.620. The molecule has 26 heavy (non-hydrogen) atoms. The number of rotatable bonds is 2. The van der Waals surface area contributed by atoms with Gasteiger partial charge in [-0.15, -0.1) is 0 Å². The fraction of sp³-hybridized carbons (Fsp3) is 0. The largest absolute Gasteiger partial charge is 0.504 e. The average Bonchev–Trinajstić information content (AvgIpc) is 3.27. The number of aromatic hydroxyl groups is 2. The maximum Gasteiger partial charge on any atom is 0.169 e. The predicted octanol–water partition coefficient (Wildman–Crippen LogP) is 4.18. The van der Waals surface area contributed by atoms with E-state index in [2.05, 4.69) is 19.9 Å². The second-order valence-corrected chi connectivity index (χ2v) is 6.06. The van der Waals surface area contributed by atoms with Crippen molar-refractivity contribution in [2.24, 2.45) is 0 Å². The predicted molar refractivity (Wildman–Crippen MR) is 99.9 cm³/mol. The van der Waals surface area contributed by atoms with Crippen LogP contribution in [0.3, 0.4) is 0 Å². The normalized spacial score (nSPS) is 11.4. The highest BCUT2D eigenvalue weighted by molar-refractivity contribution is 5.90. The number of H-pyrrole nitrogens is 2. The molecule has 6 nitrogen and oxygen atoms in total. The molecule has 0 atom stereocenters. The van der Waals surface area contributed by atoms with Crippen LogP contribution >= 0.6 is 0 Å². The SMILES string of the molecule is Oc1ccc(-c2nc3ccccc3[nH]2)c(-c2nc3ccccc3[nH]2)c1O. The number of phenolic OH excluding ortho intramolecular Hbond substituents is 2. The molecule has 0 aliphatic rings. The Kier molecular flexibility index (Phi) is 2.99. The third-order valence-electron chi connectivity index (χ3n) is 4.43. The minimum Gasteiger partial charge on any atom is -0.504 e. The molecule has 0 amide bonds. The maximum absolute atomic E-state index is 10.5. The van der Waals surface area contributed by atoms with E-state index in [-0.39, 0.29) is 11.5 Å². The molecule has 4 N–H and O–H groups in total. The molecule has 5 aromatic rings. The standard InChI is InChI=1S/C20H14N4O2/c25-16-10-9-11(19-21-12-5-1-2-6-13(12)22-19)17(18(16)26)20-23-14-7-3-4-8-15(14)24-20/h1-10,25-26H,(H,21,22)(H,23,24). The van der Waals surface area contributed by atoms with Crippen molar-refractivity contribution in [1.29, 1.82) is 0 Å². The molecule has 0 spiro atoms. The van der Waals surface area contributed by atoms with Crippen molar-refractivity contribution in [3.05, 3.63) is 60.7 Å². The van der Waals surface area contributed by atoms with Crippen molar-refractivity contribution in [3.8, 4) is 34.3 Å². The highest BCUT2D eigenvalue weighted by Crippen LogP contribution is 2.42. The van der Waals surface area contributed by atoms with Crippen molar-refractivity contribution in [2.45, 2.75) is 0 Å². The molecule has 0 unspecified atom stereocenters. The zero-order chi connectivity index (χ0) is 17.7. The Morgan fingerprint density at radius 3 is 1.88 bits per heavy atom. The topological polar surface area (TPSA) is 97.8 Å². The van der Waals surface area contributed by atoms with Gasteiger partial charge in [0.1, 0.15) is 11.6 Å². The van der Waals surface area contributed by atoms with E-state index in [1.165, 1.54) is 6.07 Å². The number of nitrogens with zero attached hydrogens (tertiary/aromatic N) is 2. The van der Waals surface area contributed by atoms with Gasteiger partial charge in [-0.1, -0.05) is 24.3 Å². The summed E-state index contributed by atoms with van der Waals surface area (Å²) in [7, 11) is 0. The molecule has 2 aromatic heterocycles. The van der Waals surface area contributed by atoms with Crippen LogP contribution < -0.4 is 0 Å². The van der Waals surface area contributed by atoms with Crippen molar-refractivity contribution >= 4 is 22.1 Å². The Morgan fingerprint density at radius 2 is 1.23 bits per heavy atom. The zero-order valence-corrected chi connectivity index (χ0v) is 13.6. The first-order chi connectivity index (χ1) is 12.7. The summed E-state index contributed by atoms with van der Waals surface area (Å²) in [5.41, 5.74) is 4.40. The van der Waals surface area contributed by atoms with Gasteiger partial charge in [0.05, 0.1) is 27.6 Å². The first-order valence-electron chi connectivity index (χ1n) is 8.16. The number of benzene rings is 3. The molecule has 0 saturated carbocycles. The minimum absolute atomic E-state index is 0.208. The summed E-state index contributed by atoms with van der Waals surface area (Å²) >= 11 is 0. The van der Waals surface area contributed by atoms with E-state index in [0.717, 1.165) is 22.1 Å². The van der Waals surface area contributed by atoms with E-state index in [1.807, 2.05) is 48.5 Å². The number of para-hydroxylation sites is 4. The summed E-state index contributed by atoms with van der Waals surface area (Å²) in [6.45, 7) is 0. The Bertz CT molecular complexity index is 1200. The van der Waals surface area contributed by atoms with Crippen molar-refractivity contribution in [1.82, 2.24) is 19.9 Å². The van der Waals surface area contributed by atoms with Gasteiger partial charge in [0, 0.05) is 5.56 Å². The van der Waals surface area contributed by atoms with Gasteiger partial charge in [-0.3, -0.25) is 0 Å². The van der Waals surface area contributed by atoms with Gasteiger partial charge in [-0.05, 0) is 36.4 Å². The molecule has 6 heteroatoms. The van der Waals surface area contributed by atoms with Crippen LogP contribution in [0, 0.1) is 0 Å². The lowest BCUT2D eigenvalue weighted by Crippen LogP contribution is -1.90. The molecule has 0 aliphatic carbocycles. The monoisotopic (exact) mass is 342 g/mol. The Balaban J connectivity index is 1.79. The summed E-state index contributed by atoms with van der Waals surface area (Å²) < 4.78 is 0. The lowest BCUT2D eigenvalue weighted by Gasteiger charge is -2.09. The highest BCUT2D eigenvalue weighted by Gasteiger charge is 2.20. The fourth-order valence-corrected chi connectivity index (χ4v) is 3.17. The van der Waals surface area contributed by atoms with E-state index in [0.29, 0.717) is 22.8 Å². The number of hydrogen-bond donors (Lipinski definition) is 4. The second kappa shape index (κ2) is 5.35. The summed E-state index contributed by atoms with van der Waals surface area (Å²) in [6.07, 6.45) is 0. The molecule has 0 radical (unpaired) electrons. The van der Waals surface area contributed by atoms with Crippen LogP contribution in [-0.4, -0.2) is 30.1 Å². The molecule has 0 saturated heterocycles. The molecule has 126 valence electrons. The van der Waals surface area contributed by atoms with Crippen LogP contribution in [0.15, 0.2) is 60.7 Å². The average molecular weight is 342 g/mol. The molecule has 0 fully saturated rings. The lowest BCUT2D eigenvalue weighted by molar-refractivity contribution is 0.405. The Hall–Kier alpha value is -3.80. The summed E-state index contributed by atoms with van der Waals surface area (Å²) in [5, 5.41) is 20.6. The number of nitrogens with one attached hydrogen (secondary N) is 2. The van der Waals surface area contributed by atoms with Crippen molar-refractivity contribution in [2.75, 3.05) is 0 Å². The summed E-state index contributed by atoms with van der Waals surface area (Å²) in [6, 6.07) is 18.5. The Morgan fingerprint density at radius 1 is 0.654 bits per heavy atom. The van der Waals surface area contributed by atoms with E-state index >= 15 is 0 Å². The zero-order valence-electron chi connectivity index (χ0n) is 13.6. The third-order valence-corrected chi connectivity index (χ3v) is 4.43. The number of imidazole rings is 2. The molecular formula is C20H14N4O2. The number of phenols is 2. The van der Waals surface area contributed by atoms with Crippen LogP contribution in [0.1, 0.15) is 0 Å². The maximum atomic E-state index is 10.5. The number of aromatic amines is 2. The van der Waals surface area contributed by atoms with Gasteiger partial charge in [-0.2, -0.15) is 0 Å². The number of hydrogen-bond acceptors (Lipinski definition) is 4. The van der Waals surface area contributed by atoms with Gasteiger partial charge < -0.3 is 20.2 Å². The molecule has 2 heterocycles. The van der Waals surface area contributed by atoms with E-state index in [9.17, 15) is 10.2 Å². The van der Waals surface area contributed by atoms with Gasteiger partial charge in [-0.25, -0.2) is 9.97 Å². The van der Waals surface area contributed by atoms with E-state index in [1.54, 1.807) is 6.07 Å². The van der Waals surface area contributed by atoms with Crippen molar-refractivity contribution in [3.63, 3.8) is 0 Å². The van der Waals surface area contributed by atoms with Crippen LogP contribution in [0.25, 0.3) is 44.8 Å². The van der Waals surface area contributed by atoms with E-state index in [4.69, 9.17) is 0 Å². The number of fused-ring (bicyclic) bond motifs is 2. The molecular weight excluding hydrogens is 328 g/mol. The fourth-order valence-electron chi connectivity index (χ4n) is 3.17. The van der Waals surface area contributed by atoms with Crippen LogP contribution in [0.5, 0.6) is 11.5 Å². The molecule has 0 aliphatic heterocycles. The van der Waals surface area contributed by atoms with Gasteiger partial charge in [0.25, 0.3) is 0 Å². The van der Waals surface area contributed by atoms with Gasteiger partial charge in [0.2, 0.25) is 0 Å². The quantitative estimate of drug-likeness (QED) is 0.362. The van der Waals surface area contributed by atoms with E-state index < -0.39 is 0 Å². The molecule has 3 aromatic carbocycles. The van der Waals surface area contributed by atoms with Crippen molar-refractivity contribution < 1.29 is 10.2 Å². The van der Waals surface area contributed by atoms with Gasteiger partial charge >= 0.3 is 0 Å². The van der Waals surface area contributed by atoms with Crippen LogP contribution in [0.4, 0.5) is 0 Å². The second-order valence-electron chi connectivity index (χ2n) is 6.06. The Labute approximate surface area is 147 Å². The summed E-state index contributed by atoms with van der Waals surface area (Å²) in [4.78, 5) is 15.6. The highest BCUT2D eigenvalue weighted by atomic mass is 16.3. The van der Waals surface area contributed by atoms with Crippen LogP contribution in [-0.2, 0) is 0 Å². The first kappa shape index (κ1) is 14.5. The third kappa shape index (κ3) is 2.12. The minimum atomic E-state index is -0.234. The van der Waals surface area contributed by atoms with Gasteiger partial charge in [0.15, 0.2) is 11.5 Å². The first-order valence-corrected chi connectivity index (χ1v) is 8.16. The smallest absolute Gasteiger partial charge is 0.169 e.